The Hall–Kier alpha value is -2.70. The molecular weight excluding hydrogens is 336 g/mol. The summed E-state index contributed by atoms with van der Waals surface area (Å²) in [5, 5.41) is 2.56. The van der Waals surface area contributed by atoms with Gasteiger partial charge in [-0.1, -0.05) is 13.0 Å². The maximum absolute atomic E-state index is 12.3. The van der Waals surface area contributed by atoms with Gasteiger partial charge in [0, 0.05) is 5.56 Å². The predicted molar refractivity (Wildman–Crippen MR) is 94.9 cm³/mol. The number of hydrogen-bond acceptors (Lipinski definition) is 5. The Morgan fingerprint density at radius 1 is 1.12 bits per heavy atom. The van der Waals surface area contributed by atoms with Gasteiger partial charge < -0.3 is 10.1 Å². The van der Waals surface area contributed by atoms with Crippen molar-refractivity contribution < 1.29 is 23.9 Å². The van der Waals surface area contributed by atoms with Gasteiger partial charge in [-0.2, -0.15) is 0 Å². The van der Waals surface area contributed by atoms with E-state index in [1.807, 2.05) is 26.8 Å². The van der Waals surface area contributed by atoms with Gasteiger partial charge in [0.05, 0.1) is 0 Å². The first-order valence-corrected chi connectivity index (χ1v) is 8.50. The molecule has 1 aromatic rings. The van der Waals surface area contributed by atoms with Crippen LogP contribution in [0.1, 0.15) is 47.3 Å². The van der Waals surface area contributed by atoms with Gasteiger partial charge in [-0.05, 0) is 56.9 Å². The minimum absolute atomic E-state index is 0.324. The fourth-order valence-electron chi connectivity index (χ4n) is 2.79. The number of carbonyl (C=O) groups excluding carboxylic acids is 4. The lowest BCUT2D eigenvalue weighted by Gasteiger charge is -2.18. The molecule has 0 bridgehead atoms. The number of nitrogens with zero attached hydrogens (tertiary/aromatic N) is 1. The van der Waals surface area contributed by atoms with Gasteiger partial charge in [0.2, 0.25) is 5.78 Å². The van der Waals surface area contributed by atoms with Crippen LogP contribution in [0.25, 0.3) is 0 Å². The van der Waals surface area contributed by atoms with E-state index in [1.165, 1.54) is 0 Å². The van der Waals surface area contributed by atoms with Crippen LogP contribution in [0.2, 0.25) is 0 Å². The molecule has 0 aromatic heterocycles. The number of ether oxygens (including phenoxy) is 1. The molecule has 7 heteroatoms. The van der Waals surface area contributed by atoms with E-state index in [0.29, 0.717) is 12.0 Å². The molecule has 1 aliphatic heterocycles. The summed E-state index contributed by atoms with van der Waals surface area (Å²) in [6.07, 6.45) is 0.410. The molecule has 0 unspecified atom stereocenters. The van der Waals surface area contributed by atoms with Crippen LogP contribution in [0, 0.1) is 20.8 Å². The number of hydrogen-bond donors (Lipinski definition) is 1. The van der Waals surface area contributed by atoms with E-state index in [-0.39, 0.29) is 5.78 Å². The number of esters is 1. The Morgan fingerprint density at radius 3 is 2.31 bits per heavy atom. The van der Waals surface area contributed by atoms with Crippen LogP contribution in [-0.2, 0) is 14.3 Å². The number of aryl methyl sites for hydroxylation is 3. The summed E-state index contributed by atoms with van der Waals surface area (Å²) >= 11 is 0. The minimum Gasteiger partial charge on any atom is -0.456 e. The zero-order chi connectivity index (χ0) is 19.6. The molecule has 26 heavy (non-hydrogen) atoms. The van der Waals surface area contributed by atoms with Gasteiger partial charge in [-0.3, -0.25) is 19.3 Å². The quantitative estimate of drug-likeness (QED) is 0.476. The zero-order valence-electron chi connectivity index (χ0n) is 15.8. The van der Waals surface area contributed by atoms with Gasteiger partial charge in [-0.25, -0.2) is 4.79 Å². The van der Waals surface area contributed by atoms with Crippen LogP contribution in [0.5, 0.6) is 0 Å². The van der Waals surface area contributed by atoms with Crippen LogP contribution < -0.4 is 5.32 Å². The van der Waals surface area contributed by atoms with Crippen molar-refractivity contribution in [1.29, 1.82) is 0 Å². The summed E-state index contributed by atoms with van der Waals surface area (Å²) in [5.41, 5.74) is 2.34. The van der Waals surface area contributed by atoms with Crippen molar-refractivity contribution in [1.82, 2.24) is 10.2 Å². The summed E-state index contributed by atoms with van der Waals surface area (Å²) in [7, 11) is 0. The molecule has 1 aliphatic rings. The molecule has 1 fully saturated rings. The molecule has 0 radical (unpaired) electrons. The SMILES string of the molecule is CC[C@@]1(C)NC(=O)N(CC(=O)OCC(=O)c2cc(C)c(C)cc2C)C1=O. The molecule has 0 aliphatic carbocycles. The van der Waals surface area contributed by atoms with Crippen LogP contribution in [0.15, 0.2) is 12.1 Å². The topological polar surface area (TPSA) is 92.8 Å². The Labute approximate surface area is 152 Å². The van der Waals surface area contributed by atoms with Crippen LogP contribution in [0.3, 0.4) is 0 Å². The molecule has 140 valence electrons. The maximum Gasteiger partial charge on any atom is 0.326 e. The first-order valence-electron chi connectivity index (χ1n) is 8.50. The molecule has 1 heterocycles. The minimum atomic E-state index is -1.01. The number of Topliss-reactive ketones (excluding diaryl/α,β-unsaturated/α-hetero) is 1. The number of amides is 3. The van der Waals surface area contributed by atoms with E-state index in [1.54, 1.807) is 19.9 Å². The van der Waals surface area contributed by atoms with E-state index in [2.05, 4.69) is 5.32 Å². The summed E-state index contributed by atoms with van der Waals surface area (Å²) in [6.45, 7) is 8.10. The molecule has 3 amide bonds. The summed E-state index contributed by atoms with van der Waals surface area (Å²) in [4.78, 5) is 49.2. The number of imide groups is 1. The van der Waals surface area contributed by atoms with Crippen molar-refractivity contribution in [3.05, 3.63) is 34.4 Å². The molecule has 0 saturated carbocycles. The van der Waals surface area contributed by atoms with E-state index in [4.69, 9.17) is 4.74 Å². The third kappa shape index (κ3) is 3.76. The molecule has 1 saturated heterocycles. The lowest BCUT2D eigenvalue weighted by Crippen LogP contribution is -2.43. The molecule has 0 spiro atoms. The number of nitrogens with one attached hydrogen (secondary N) is 1. The van der Waals surface area contributed by atoms with Gasteiger partial charge >= 0.3 is 12.0 Å². The van der Waals surface area contributed by atoms with E-state index in [0.717, 1.165) is 21.6 Å². The molecule has 1 N–H and O–H groups in total. The van der Waals surface area contributed by atoms with Crippen LogP contribution in [0.4, 0.5) is 4.79 Å². The molecule has 7 nitrogen and oxygen atoms in total. The maximum atomic E-state index is 12.3. The van der Waals surface area contributed by atoms with Crippen molar-refractivity contribution in [2.24, 2.45) is 0 Å². The standard InChI is InChI=1S/C19H24N2O5/c1-6-19(5)17(24)21(18(25)20-19)9-16(23)26-10-15(22)14-8-12(3)11(2)7-13(14)4/h7-8H,6,9-10H2,1-5H3,(H,20,25)/t19-/m1/s1. The zero-order valence-corrected chi connectivity index (χ0v) is 15.8. The number of benzene rings is 1. The second-order valence-corrected chi connectivity index (χ2v) is 6.84. The lowest BCUT2D eigenvalue weighted by molar-refractivity contribution is -0.146. The highest BCUT2D eigenvalue weighted by molar-refractivity contribution is 6.08. The largest absolute Gasteiger partial charge is 0.456 e. The summed E-state index contributed by atoms with van der Waals surface area (Å²) in [6, 6.07) is 3.04. The fourth-order valence-corrected chi connectivity index (χ4v) is 2.79. The van der Waals surface area contributed by atoms with Gasteiger partial charge in [0.1, 0.15) is 12.1 Å². The Bertz CT molecular complexity index is 786. The average Bonchev–Trinajstić information content (AvgIpc) is 2.79. The van der Waals surface area contributed by atoms with Crippen molar-refractivity contribution in [2.45, 2.75) is 46.6 Å². The van der Waals surface area contributed by atoms with Gasteiger partial charge in [0.25, 0.3) is 5.91 Å². The Kier molecular flexibility index (Phi) is 5.49. The van der Waals surface area contributed by atoms with Gasteiger partial charge in [0.15, 0.2) is 6.61 Å². The smallest absolute Gasteiger partial charge is 0.326 e. The predicted octanol–water partition coefficient (Wildman–Crippen LogP) is 2.06. The third-order valence-electron chi connectivity index (χ3n) is 4.84. The van der Waals surface area contributed by atoms with Gasteiger partial charge in [-0.15, -0.1) is 0 Å². The highest BCUT2D eigenvalue weighted by Crippen LogP contribution is 2.20. The highest BCUT2D eigenvalue weighted by Gasteiger charge is 2.47. The second kappa shape index (κ2) is 7.27. The lowest BCUT2D eigenvalue weighted by atomic mass is 9.98. The van der Waals surface area contributed by atoms with E-state index >= 15 is 0 Å². The fraction of sp³-hybridized carbons (Fsp3) is 0.474. The van der Waals surface area contributed by atoms with Crippen LogP contribution >= 0.6 is 0 Å². The highest BCUT2D eigenvalue weighted by atomic mass is 16.5. The van der Waals surface area contributed by atoms with Crippen molar-refractivity contribution in [2.75, 3.05) is 13.2 Å². The first-order chi connectivity index (χ1) is 12.1. The number of carbonyl (C=O) groups is 4. The normalized spacial score (nSPS) is 19.5. The molecule has 2 rings (SSSR count). The average molecular weight is 360 g/mol. The number of rotatable bonds is 6. The number of urea groups is 1. The summed E-state index contributed by atoms with van der Waals surface area (Å²) < 4.78 is 4.98. The first kappa shape index (κ1) is 19.6. The summed E-state index contributed by atoms with van der Waals surface area (Å²) in [5.74, 6) is -1.60. The third-order valence-corrected chi connectivity index (χ3v) is 4.84. The molecule has 1 aromatic carbocycles. The Morgan fingerprint density at radius 2 is 1.73 bits per heavy atom. The molecule has 1 atom stereocenters. The van der Waals surface area contributed by atoms with E-state index < -0.39 is 36.6 Å². The van der Waals surface area contributed by atoms with Crippen molar-refractivity contribution in [3.63, 3.8) is 0 Å². The Balaban J connectivity index is 1.97. The second-order valence-electron chi connectivity index (χ2n) is 6.84. The van der Waals surface area contributed by atoms with Crippen LogP contribution in [-0.4, -0.2) is 47.3 Å². The monoisotopic (exact) mass is 360 g/mol. The van der Waals surface area contributed by atoms with Crippen molar-refractivity contribution in [3.8, 4) is 0 Å². The molecular formula is C19H24N2O5. The number of ketones is 1. The van der Waals surface area contributed by atoms with E-state index in [9.17, 15) is 19.2 Å². The van der Waals surface area contributed by atoms with Crippen molar-refractivity contribution >= 4 is 23.7 Å².